The molecule has 3 aromatic rings. The Morgan fingerprint density at radius 1 is 1.26 bits per heavy atom. The van der Waals surface area contributed by atoms with Gasteiger partial charge in [0.15, 0.2) is 0 Å². The van der Waals surface area contributed by atoms with Gasteiger partial charge in [0, 0.05) is 17.0 Å². The van der Waals surface area contributed by atoms with Gasteiger partial charge in [0.1, 0.15) is 4.83 Å². The van der Waals surface area contributed by atoms with E-state index < -0.39 is 4.92 Å². The summed E-state index contributed by atoms with van der Waals surface area (Å²) in [6, 6.07) is 6.25. The van der Waals surface area contributed by atoms with E-state index in [1.807, 2.05) is 0 Å². The van der Waals surface area contributed by atoms with E-state index in [2.05, 4.69) is 4.98 Å². The van der Waals surface area contributed by atoms with Crippen LogP contribution in [0.3, 0.4) is 0 Å². The highest BCUT2D eigenvalue weighted by Crippen LogP contribution is 2.34. The molecule has 0 spiro atoms. The molecule has 0 saturated carbocycles. The van der Waals surface area contributed by atoms with Gasteiger partial charge in [0.2, 0.25) is 0 Å². The van der Waals surface area contributed by atoms with Crippen molar-refractivity contribution in [1.82, 2.24) is 9.55 Å². The van der Waals surface area contributed by atoms with Crippen LogP contribution in [0, 0.1) is 10.1 Å². The number of nitro benzene ring substituents is 1. The first-order chi connectivity index (χ1) is 11.1. The third-order valence-electron chi connectivity index (χ3n) is 4.19. The van der Waals surface area contributed by atoms with Gasteiger partial charge in [-0.15, -0.1) is 11.3 Å². The van der Waals surface area contributed by atoms with Gasteiger partial charge < -0.3 is 0 Å². The number of rotatable bonds is 3. The quantitative estimate of drug-likeness (QED) is 0.547. The van der Waals surface area contributed by atoms with Gasteiger partial charge in [-0.1, -0.05) is 12.1 Å². The van der Waals surface area contributed by atoms with Gasteiger partial charge in [0.25, 0.3) is 11.2 Å². The zero-order valence-corrected chi connectivity index (χ0v) is 13.0. The van der Waals surface area contributed by atoms with Crippen LogP contribution in [0.2, 0.25) is 0 Å². The van der Waals surface area contributed by atoms with E-state index in [1.165, 1.54) is 22.6 Å². The Kier molecular flexibility index (Phi) is 3.23. The molecule has 0 N–H and O–H groups in total. The maximum Gasteiger partial charge on any atom is 0.269 e. The second-order valence-electron chi connectivity index (χ2n) is 5.64. The van der Waals surface area contributed by atoms with Crippen molar-refractivity contribution in [1.29, 1.82) is 0 Å². The summed E-state index contributed by atoms with van der Waals surface area (Å²) in [7, 11) is 0. The molecule has 0 aliphatic heterocycles. The Morgan fingerprint density at radius 3 is 2.78 bits per heavy atom. The Morgan fingerprint density at radius 2 is 2.04 bits per heavy atom. The fourth-order valence-corrected chi connectivity index (χ4v) is 4.27. The van der Waals surface area contributed by atoms with Crippen molar-refractivity contribution in [3.05, 3.63) is 67.1 Å². The third-order valence-corrected chi connectivity index (χ3v) is 5.39. The number of fused-ring (bicyclic) bond motifs is 3. The average Bonchev–Trinajstić information content (AvgIpc) is 3.11. The molecular weight excluding hydrogens is 314 g/mol. The highest BCUT2D eigenvalue weighted by atomic mass is 32.1. The second-order valence-corrected chi connectivity index (χ2v) is 6.72. The maximum atomic E-state index is 12.8. The molecule has 1 aliphatic carbocycles. The van der Waals surface area contributed by atoms with E-state index in [-0.39, 0.29) is 11.2 Å². The molecule has 6 nitrogen and oxygen atoms in total. The van der Waals surface area contributed by atoms with Crippen LogP contribution in [0.1, 0.15) is 22.4 Å². The molecule has 0 atom stereocenters. The van der Waals surface area contributed by atoms with Crippen molar-refractivity contribution in [2.24, 2.45) is 0 Å². The topological polar surface area (TPSA) is 78.0 Å². The smallest absolute Gasteiger partial charge is 0.269 e. The Hall–Kier alpha value is -2.54. The molecule has 0 unspecified atom stereocenters. The summed E-state index contributed by atoms with van der Waals surface area (Å²) >= 11 is 1.62. The number of hydrogen-bond donors (Lipinski definition) is 0. The summed E-state index contributed by atoms with van der Waals surface area (Å²) in [5.41, 5.74) is 2.03. The van der Waals surface area contributed by atoms with Crippen LogP contribution in [0.25, 0.3) is 10.2 Å². The SMILES string of the molecule is O=c1c2c3c(sc2ncn1Cc1ccc([N+](=O)[O-])cc1)CCC3. The molecular formula is C16H13N3O3S. The van der Waals surface area contributed by atoms with Crippen molar-refractivity contribution in [2.75, 3.05) is 0 Å². The molecule has 1 aromatic carbocycles. The van der Waals surface area contributed by atoms with Gasteiger partial charge in [-0.3, -0.25) is 19.5 Å². The molecule has 116 valence electrons. The molecule has 0 saturated heterocycles. The minimum absolute atomic E-state index is 0.0206. The average molecular weight is 327 g/mol. The lowest BCUT2D eigenvalue weighted by molar-refractivity contribution is -0.384. The molecule has 0 radical (unpaired) electrons. The van der Waals surface area contributed by atoms with Gasteiger partial charge in [-0.05, 0) is 30.4 Å². The molecule has 0 amide bonds. The van der Waals surface area contributed by atoms with Crippen molar-refractivity contribution >= 4 is 27.2 Å². The molecule has 0 fully saturated rings. The number of thiophene rings is 1. The summed E-state index contributed by atoms with van der Waals surface area (Å²) in [6.07, 6.45) is 4.66. The highest BCUT2D eigenvalue weighted by molar-refractivity contribution is 7.18. The summed E-state index contributed by atoms with van der Waals surface area (Å²) < 4.78 is 1.58. The van der Waals surface area contributed by atoms with E-state index in [4.69, 9.17) is 0 Å². The zero-order chi connectivity index (χ0) is 16.0. The van der Waals surface area contributed by atoms with Gasteiger partial charge in [-0.25, -0.2) is 4.98 Å². The van der Waals surface area contributed by atoms with Crippen LogP contribution in [0.5, 0.6) is 0 Å². The number of nitrogens with zero attached hydrogens (tertiary/aromatic N) is 3. The van der Waals surface area contributed by atoms with Crippen LogP contribution in [-0.4, -0.2) is 14.5 Å². The summed E-state index contributed by atoms with van der Waals surface area (Å²) in [6.45, 7) is 0.365. The summed E-state index contributed by atoms with van der Waals surface area (Å²) in [5.74, 6) is 0. The number of hydrogen-bond acceptors (Lipinski definition) is 5. The summed E-state index contributed by atoms with van der Waals surface area (Å²) in [5, 5.41) is 11.4. The van der Waals surface area contributed by atoms with Crippen LogP contribution in [0.15, 0.2) is 35.4 Å². The number of benzene rings is 1. The predicted octanol–water partition coefficient (Wildman–Crippen LogP) is 2.90. The first-order valence-electron chi connectivity index (χ1n) is 7.36. The fourth-order valence-electron chi connectivity index (χ4n) is 3.05. The van der Waals surface area contributed by atoms with Crippen LogP contribution in [-0.2, 0) is 19.4 Å². The number of nitro groups is 1. The van der Waals surface area contributed by atoms with Crippen LogP contribution < -0.4 is 5.56 Å². The lowest BCUT2D eigenvalue weighted by atomic mass is 10.2. The monoisotopic (exact) mass is 327 g/mol. The molecule has 2 heterocycles. The molecule has 4 rings (SSSR count). The van der Waals surface area contributed by atoms with E-state index in [0.29, 0.717) is 6.54 Å². The van der Waals surface area contributed by atoms with Gasteiger partial charge in [0.05, 0.1) is 23.2 Å². The van der Waals surface area contributed by atoms with E-state index in [1.54, 1.807) is 34.4 Å². The number of non-ortho nitro benzene ring substituents is 1. The van der Waals surface area contributed by atoms with Crippen LogP contribution in [0.4, 0.5) is 5.69 Å². The molecule has 2 aromatic heterocycles. The van der Waals surface area contributed by atoms with Gasteiger partial charge in [-0.2, -0.15) is 0 Å². The Balaban J connectivity index is 1.73. The Bertz CT molecular complexity index is 973. The van der Waals surface area contributed by atoms with E-state index in [0.717, 1.165) is 35.0 Å². The predicted molar refractivity (Wildman–Crippen MR) is 88.1 cm³/mol. The molecule has 0 bridgehead atoms. The minimum atomic E-state index is -0.432. The Labute approximate surface area is 135 Å². The first kappa shape index (κ1) is 14.1. The van der Waals surface area contributed by atoms with Crippen LogP contribution >= 0.6 is 11.3 Å². The molecule has 7 heteroatoms. The third kappa shape index (κ3) is 2.33. The minimum Gasteiger partial charge on any atom is -0.294 e. The fraction of sp³-hybridized carbons (Fsp3) is 0.250. The van der Waals surface area contributed by atoms with Crippen molar-refractivity contribution in [3.8, 4) is 0 Å². The van der Waals surface area contributed by atoms with E-state index >= 15 is 0 Å². The normalized spacial score (nSPS) is 13.4. The lowest BCUT2D eigenvalue weighted by Gasteiger charge is -2.06. The number of aromatic nitrogens is 2. The molecule has 23 heavy (non-hydrogen) atoms. The van der Waals surface area contributed by atoms with E-state index in [9.17, 15) is 14.9 Å². The maximum absolute atomic E-state index is 12.8. The molecule has 1 aliphatic rings. The second kappa shape index (κ2) is 5.27. The zero-order valence-electron chi connectivity index (χ0n) is 12.2. The van der Waals surface area contributed by atoms with Crippen molar-refractivity contribution in [3.63, 3.8) is 0 Å². The largest absolute Gasteiger partial charge is 0.294 e. The summed E-state index contributed by atoms with van der Waals surface area (Å²) in [4.78, 5) is 29.5. The highest BCUT2D eigenvalue weighted by Gasteiger charge is 2.21. The van der Waals surface area contributed by atoms with Gasteiger partial charge >= 0.3 is 0 Å². The van der Waals surface area contributed by atoms with Crippen molar-refractivity contribution in [2.45, 2.75) is 25.8 Å². The number of aryl methyl sites for hydroxylation is 2. The lowest BCUT2D eigenvalue weighted by Crippen LogP contribution is -2.21. The van der Waals surface area contributed by atoms with Crippen molar-refractivity contribution < 1.29 is 4.92 Å². The standard InChI is InChI=1S/C16H13N3O3S/c20-16-14-12-2-1-3-13(12)23-15(14)17-9-18(16)8-10-4-6-11(7-5-10)19(21)22/h4-7,9H,1-3,8H2. The first-order valence-corrected chi connectivity index (χ1v) is 8.18.